The van der Waals surface area contributed by atoms with Gasteiger partial charge in [-0.05, 0) is 44.2 Å². The van der Waals surface area contributed by atoms with Crippen molar-refractivity contribution in [1.29, 1.82) is 0 Å². The van der Waals surface area contributed by atoms with Crippen LogP contribution in [0, 0.1) is 18.8 Å². The average Bonchev–Trinajstić information content (AvgIpc) is 2.39. The normalized spacial score (nSPS) is 23.0. The molecule has 3 nitrogen and oxygen atoms in total. The zero-order valence-electron chi connectivity index (χ0n) is 13.7. The minimum Gasteiger partial charge on any atom is -0.493 e. The highest BCUT2D eigenvalue weighted by Crippen LogP contribution is 2.24. The summed E-state index contributed by atoms with van der Waals surface area (Å²) in [5.74, 6) is 2.23. The predicted molar refractivity (Wildman–Crippen MR) is 86.1 cm³/mol. The number of benzene rings is 1. The lowest BCUT2D eigenvalue weighted by Crippen LogP contribution is -2.41. The number of carbonyl (C=O) groups excluding carboxylic acids is 1. The highest BCUT2D eigenvalue weighted by atomic mass is 16.5. The van der Waals surface area contributed by atoms with Crippen LogP contribution in [-0.4, -0.2) is 36.9 Å². The summed E-state index contributed by atoms with van der Waals surface area (Å²) in [6, 6.07) is 5.85. The Morgan fingerprint density at radius 3 is 2.57 bits per heavy atom. The standard InChI is InChI=1S/C18H27NO2/c1-5-21-18-7-6-13(2)9-16(18)17(20)12-19-10-14(3)8-15(4)11-19/h6-7,9,14-15H,5,8,10-12H2,1-4H3. The maximum atomic E-state index is 12.7. The second-order valence-electron chi connectivity index (χ2n) is 6.50. The summed E-state index contributed by atoms with van der Waals surface area (Å²) in [7, 11) is 0. The lowest BCUT2D eigenvalue weighted by Gasteiger charge is -2.34. The first-order valence-corrected chi connectivity index (χ1v) is 7.98. The SMILES string of the molecule is CCOc1ccc(C)cc1C(=O)CN1CC(C)CC(C)C1. The van der Waals surface area contributed by atoms with Gasteiger partial charge in [-0.1, -0.05) is 25.5 Å². The summed E-state index contributed by atoms with van der Waals surface area (Å²) in [5, 5.41) is 0. The number of likely N-dealkylation sites (tertiary alicyclic amines) is 1. The van der Waals surface area contributed by atoms with E-state index in [9.17, 15) is 4.79 Å². The summed E-state index contributed by atoms with van der Waals surface area (Å²) in [4.78, 5) is 14.9. The molecule has 1 aliphatic rings. The van der Waals surface area contributed by atoms with E-state index in [2.05, 4.69) is 18.7 Å². The van der Waals surface area contributed by atoms with Crippen LogP contribution in [0.1, 0.15) is 43.1 Å². The van der Waals surface area contributed by atoms with E-state index in [0.29, 0.717) is 30.7 Å². The van der Waals surface area contributed by atoms with E-state index >= 15 is 0 Å². The molecule has 0 saturated carbocycles. The molecule has 21 heavy (non-hydrogen) atoms. The molecule has 1 aromatic rings. The highest BCUT2D eigenvalue weighted by Gasteiger charge is 2.24. The number of Topliss-reactive ketones (excluding diaryl/α,β-unsaturated/α-hetero) is 1. The molecule has 3 heteroatoms. The van der Waals surface area contributed by atoms with Gasteiger partial charge in [0.2, 0.25) is 0 Å². The Bertz CT molecular complexity index is 488. The van der Waals surface area contributed by atoms with Gasteiger partial charge in [-0.15, -0.1) is 0 Å². The van der Waals surface area contributed by atoms with Gasteiger partial charge < -0.3 is 4.74 Å². The lowest BCUT2D eigenvalue weighted by molar-refractivity contribution is 0.0846. The van der Waals surface area contributed by atoms with Crippen LogP contribution in [0.5, 0.6) is 5.75 Å². The van der Waals surface area contributed by atoms with E-state index in [0.717, 1.165) is 24.2 Å². The zero-order valence-corrected chi connectivity index (χ0v) is 13.7. The Morgan fingerprint density at radius 1 is 1.29 bits per heavy atom. The third-order valence-corrected chi connectivity index (χ3v) is 4.05. The molecule has 2 rings (SSSR count). The highest BCUT2D eigenvalue weighted by molar-refractivity contribution is 6.00. The molecule has 2 unspecified atom stereocenters. The zero-order chi connectivity index (χ0) is 15.4. The van der Waals surface area contributed by atoms with E-state index in [4.69, 9.17) is 4.74 Å². The third kappa shape index (κ3) is 4.31. The molecule has 1 heterocycles. The van der Waals surface area contributed by atoms with Gasteiger partial charge in [0.05, 0.1) is 18.7 Å². The number of nitrogens with zero attached hydrogens (tertiary/aromatic N) is 1. The summed E-state index contributed by atoms with van der Waals surface area (Å²) < 4.78 is 5.61. The second-order valence-corrected chi connectivity index (χ2v) is 6.50. The minimum absolute atomic E-state index is 0.170. The van der Waals surface area contributed by atoms with Crippen molar-refractivity contribution in [2.75, 3.05) is 26.2 Å². The van der Waals surface area contributed by atoms with Gasteiger partial charge in [-0.2, -0.15) is 0 Å². The fourth-order valence-electron chi connectivity index (χ4n) is 3.35. The van der Waals surface area contributed by atoms with E-state index < -0.39 is 0 Å². The number of carbonyl (C=O) groups is 1. The molecule has 1 saturated heterocycles. The minimum atomic E-state index is 0.170. The largest absolute Gasteiger partial charge is 0.493 e. The maximum absolute atomic E-state index is 12.7. The fourth-order valence-corrected chi connectivity index (χ4v) is 3.35. The monoisotopic (exact) mass is 289 g/mol. The van der Waals surface area contributed by atoms with Crippen LogP contribution in [0.4, 0.5) is 0 Å². The van der Waals surface area contributed by atoms with Gasteiger partial charge in [0, 0.05) is 13.1 Å². The maximum Gasteiger partial charge on any atom is 0.180 e. The first-order valence-electron chi connectivity index (χ1n) is 7.98. The van der Waals surface area contributed by atoms with E-state index in [1.807, 2.05) is 32.0 Å². The van der Waals surface area contributed by atoms with Gasteiger partial charge in [0.15, 0.2) is 5.78 Å². The Labute approximate surface area is 128 Å². The topological polar surface area (TPSA) is 29.5 Å². The van der Waals surface area contributed by atoms with Gasteiger partial charge in [-0.25, -0.2) is 0 Å². The van der Waals surface area contributed by atoms with Crippen molar-refractivity contribution in [1.82, 2.24) is 4.90 Å². The number of ketones is 1. The third-order valence-electron chi connectivity index (χ3n) is 4.05. The van der Waals surface area contributed by atoms with Crippen molar-refractivity contribution >= 4 is 5.78 Å². The molecule has 0 aromatic heterocycles. The molecule has 0 amide bonds. The van der Waals surface area contributed by atoms with E-state index in [1.54, 1.807) is 0 Å². The van der Waals surface area contributed by atoms with Crippen molar-refractivity contribution in [3.63, 3.8) is 0 Å². The van der Waals surface area contributed by atoms with Crippen LogP contribution in [0.3, 0.4) is 0 Å². The van der Waals surface area contributed by atoms with Crippen LogP contribution in [0.2, 0.25) is 0 Å². The molecule has 2 atom stereocenters. The van der Waals surface area contributed by atoms with E-state index in [-0.39, 0.29) is 5.78 Å². The van der Waals surface area contributed by atoms with Gasteiger partial charge in [0.25, 0.3) is 0 Å². The van der Waals surface area contributed by atoms with Crippen LogP contribution < -0.4 is 4.74 Å². The number of hydrogen-bond acceptors (Lipinski definition) is 3. The summed E-state index contributed by atoms with van der Waals surface area (Å²) >= 11 is 0. The number of aryl methyl sites for hydroxylation is 1. The first kappa shape index (κ1) is 16.0. The molecule has 0 radical (unpaired) electrons. The Kier molecular flexibility index (Phi) is 5.40. The van der Waals surface area contributed by atoms with Crippen molar-refractivity contribution in [2.24, 2.45) is 11.8 Å². The van der Waals surface area contributed by atoms with Crippen molar-refractivity contribution in [3.8, 4) is 5.75 Å². The fraction of sp³-hybridized carbons (Fsp3) is 0.611. The molecule has 116 valence electrons. The van der Waals surface area contributed by atoms with Gasteiger partial charge in [0.1, 0.15) is 5.75 Å². The smallest absolute Gasteiger partial charge is 0.180 e. The molecule has 1 aromatic carbocycles. The van der Waals surface area contributed by atoms with Crippen LogP contribution in [0.15, 0.2) is 18.2 Å². The lowest BCUT2D eigenvalue weighted by atomic mass is 9.91. The van der Waals surface area contributed by atoms with E-state index in [1.165, 1.54) is 6.42 Å². The van der Waals surface area contributed by atoms with Crippen LogP contribution in [0.25, 0.3) is 0 Å². The molecular weight excluding hydrogens is 262 g/mol. The molecule has 0 spiro atoms. The quantitative estimate of drug-likeness (QED) is 0.776. The number of hydrogen-bond donors (Lipinski definition) is 0. The Balaban J connectivity index is 2.10. The average molecular weight is 289 g/mol. The molecule has 0 aliphatic carbocycles. The van der Waals surface area contributed by atoms with Crippen molar-refractivity contribution in [2.45, 2.75) is 34.1 Å². The molecule has 0 N–H and O–H groups in total. The van der Waals surface area contributed by atoms with Crippen molar-refractivity contribution < 1.29 is 9.53 Å². The van der Waals surface area contributed by atoms with Crippen molar-refractivity contribution in [3.05, 3.63) is 29.3 Å². The van der Waals surface area contributed by atoms with Gasteiger partial charge >= 0.3 is 0 Å². The van der Waals surface area contributed by atoms with Crippen LogP contribution in [-0.2, 0) is 0 Å². The van der Waals surface area contributed by atoms with Gasteiger partial charge in [-0.3, -0.25) is 9.69 Å². The summed E-state index contributed by atoms with van der Waals surface area (Å²) in [6.07, 6.45) is 1.26. The molecule has 1 fully saturated rings. The number of piperidine rings is 1. The molecular formula is C18H27NO2. The first-order chi connectivity index (χ1) is 9.99. The Hall–Kier alpha value is -1.35. The molecule has 0 bridgehead atoms. The summed E-state index contributed by atoms with van der Waals surface area (Å²) in [5.41, 5.74) is 1.82. The number of ether oxygens (including phenoxy) is 1. The molecule has 1 aliphatic heterocycles. The second kappa shape index (κ2) is 7.08. The summed E-state index contributed by atoms with van der Waals surface area (Å²) in [6.45, 7) is 11.6. The van der Waals surface area contributed by atoms with Crippen LogP contribution >= 0.6 is 0 Å². The predicted octanol–water partition coefficient (Wildman–Crippen LogP) is 3.55. The Morgan fingerprint density at radius 2 is 1.95 bits per heavy atom. The number of rotatable bonds is 5.